The van der Waals surface area contributed by atoms with Crippen LogP contribution in [0.3, 0.4) is 0 Å². The molecule has 1 aliphatic heterocycles. The smallest absolute Gasteiger partial charge is 0.322 e. The number of anilines is 1. The van der Waals surface area contributed by atoms with Crippen LogP contribution in [-0.2, 0) is 11.3 Å². The maximum atomic E-state index is 13.0. The van der Waals surface area contributed by atoms with E-state index in [1.807, 2.05) is 17.0 Å². The third-order valence-corrected chi connectivity index (χ3v) is 6.11. The zero-order valence-corrected chi connectivity index (χ0v) is 17.8. The largest absolute Gasteiger partial charge is 0.377 e. The van der Waals surface area contributed by atoms with E-state index in [2.05, 4.69) is 43.2 Å². The number of hydrogen-bond acceptors (Lipinski definition) is 3. The van der Waals surface area contributed by atoms with Crippen molar-refractivity contribution in [1.82, 2.24) is 9.80 Å². The lowest BCUT2D eigenvalue weighted by molar-refractivity contribution is 0.00856. The summed E-state index contributed by atoms with van der Waals surface area (Å²) in [7, 11) is 2.22. The molecule has 5 heteroatoms. The number of carbonyl (C=O) groups is 1. The van der Waals surface area contributed by atoms with Crippen molar-refractivity contribution in [3.63, 3.8) is 0 Å². The van der Waals surface area contributed by atoms with Gasteiger partial charge in [0.15, 0.2) is 0 Å². The van der Waals surface area contributed by atoms with Crippen molar-refractivity contribution in [1.29, 1.82) is 0 Å². The third kappa shape index (κ3) is 5.71. The quantitative estimate of drug-likeness (QED) is 0.767. The van der Waals surface area contributed by atoms with Crippen LogP contribution in [0.15, 0.2) is 24.3 Å². The van der Waals surface area contributed by atoms with E-state index in [0.29, 0.717) is 31.7 Å². The minimum absolute atomic E-state index is 0.00159. The van der Waals surface area contributed by atoms with Crippen LogP contribution < -0.4 is 5.32 Å². The van der Waals surface area contributed by atoms with E-state index in [4.69, 9.17) is 4.74 Å². The first-order chi connectivity index (χ1) is 13.5. The molecule has 0 bridgehead atoms. The predicted octanol–water partition coefficient (Wildman–Crippen LogP) is 4.73. The minimum atomic E-state index is 0.00159. The third-order valence-electron chi connectivity index (χ3n) is 6.11. The Labute approximate surface area is 170 Å². The van der Waals surface area contributed by atoms with Crippen molar-refractivity contribution in [3.05, 3.63) is 29.8 Å². The van der Waals surface area contributed by atoms with E-state index in [1.54, 1.807) is 0 Å². The number of amides is 2. The molecule has 1 heterocycles. The van der Waals surface area contributed by atoms with Gasteiger partial charge < -0.3 is 15.0 Å². The normalized spacial score (nSPS) is 21.3. The summed E-state index contributed by atoms with van der Waals surface area (Å²) in [5.41, 5.74) is 2.13. The number of morpholine rings is 1. The van der Waals surface area contributed by atoms with Gasteiger partial charge in [0.2, 0.25) is 0 Å². The van der Waals surface area contributed by atoms with Crippen molar-refractivity contribution in [2.45, 2.75) is 71.0 Å². The summed E-state index contributed by atoms with van der Waals surface area (Å²) in [4.78, 5) is 17.5. The highest BCUT2D eigenvalue weighted by Crippen LogP contribution is 2.25. The van der Waals surface area contributed by atoms with Gasteiger partial charge in [0.25, 0.3) is 0 Å². The highest BCUT2D eigenvalue weighted by Gasteiger charge is 2.28. The van der Waals surface area contributed by atoms with Gasteiger partial charge in [0.1, 0.15) is 0 Å². The van der Waals surface area contributed by atoms with Crippen LogP contribution >= 0.6 is 0 Å². The number of ether oxygens (including phenoxy) is 1. The second-order valence-corrected chi connectivity index (χ2v) is 8.85. The van der Waals surface area contributed by atoms with Gasteiger partial charge in [-0.2, -0.15) is 0 Å². The Morgan fingerprint density at radius 1 is 1.25 bits per heavy atom. The summed E-state index contributed by atoms with van der Waals surface area (Å²) in [6.45, 7) is 7.18. The number of nitrogens with one attached hydrogen (secondary N) is 1. The Morgan fingerprint density at radius 3 is 2.75 bits per heavy atom. The highest BCUT2D eigenvalue weighted by atomic mass is 16.5. The molecule has 3 rings (SSSR count). The molecule has 1 atom stereocenters. The average Bonchev–Trinajstić information content (AvgIpc) is 2.70. The second-order valence-electron chi connectivity index (χ2n) is 8.85. The summed E-state index contributed by atoms with van der Waals surface area (Å²) < 4.78 is 5.63. The Kier molecular flexibility index (Phi) is 7.74. The molecule has 1 saturated carbocycles. The number of hydrogen-bond donors (Lipinski definition) is 1. The first-order valence-electron chi connectivity index (χ1n) is 11.0. The SMILES string of the molecule is CC(C)CC1COCCN1C(=O)Nc1ccccc1CN(C)C1CCCCC1. The van der Waals surface area contributed by atoms with Gasteiger partial charge in [-0.3, -0.25) is 4.90 Å². The molecular formula is C23H37N3O2. The molecule has 1 unspecified atom stereocenters. The van der Waals surface area contributed by atoms with E-state index in [-0.39, 0.29) is 12.1 Å². The monoisotopic (exact) mass is 387 g/mol. The van der Waals surface area contributed by atoms with Crippen molar-refractivity contribution in [3.8, 4) is 0 Å². The predicted molar refractivity (Wildman–Crippen MR) is 115 cm³/mol. The standard InChI is InChI=1S/C23H37N3O2/c1-18(2)15-21-17-28-14-13-26(21)23(27)24-22-12-8-7-9-19(22)16-25(3)20-10-5-4-6-11-20/h7-9,12,18,20-21H,4-6,10-11,13-17H2,1-3H3,(H,24,27). The number of carbonyl (C=O) groups excluding carboxylic acids is 1. The van der Waals surface area contributed by atoms with E-state index in [0.717, 1.165) is 18.7 Å². The topological polar surface area (TPSA) is 44.8 Å². The van der Waals surface area contributed by atoms with Crippen molar-refractivity contribution < 1.29 is 9.53 Å². The minimum Gasteiger partial charge on any atom is -0.377 e. The van der Waals surface area contributed by atoms with Crippen LogP contribution in [0.4, 0.5) is 10.5 Å². The lowest BCUT2D eigenvalue weighted by Crippen LogP contribution is -2.50. The van der Waals surface area contributed by atoms with Gasteiger partial charge in [-0.1, -0.05) is 51.3 Å². The number of rotatable bonds is 6. The van der Waals surface area contributed by atoms with Crippen LogP contribution in [0, 0.1) is 5.92 Å². The molecule has 1 saturated heterocycles. The molecule has 2 amide bonds. The Balaban J connectivity index is 1.65. The molecular weight excluding hydrogens is 350 g/mol. The highest BCUT2D eigenvalue weighted by molar-refractivity contribution is 5.90. The molecule has 156 valence electrons. The summed E-state index contributed by atoms with van der Waals surface area (Å²) in [5, 5.41) is 3.20. The van der Waals surface area contributed by atoms with Crippen LogP contribution in [0.5, 0.6) is 0 Å². The molecule has 0 spiro atoms. The van der Waals surface area contributed by atoms with Crippen LogP contribution in [0.2, 0.25) is 0 Å². The zero-order chi connectivity index (χ0) is 19.9. The van der Waals surface area contributed by atoms with E-state index in [1.165, 1.54) is 37.7 Å². The van der Waals surface area contributed by atoms with Crippen molar-refractivity contribution in [2.75, 3.05) is 32.1 Å². The molecule has 1 aromatic rings. The van der Waals surface area contributed by atoms with Crippen LogP contribution in [0.1, 0.15) is 57.9 Å². The summed E-state index contributed by atoms with van der Waals surface area (Å²) in [6.07, 6.45) is 7.59. The molecule has 5 nitrogen and oxygen atoms in total. The lowest BCUT2D eigenvalue weighted by Gasteiger charge is -2.36. The second kappa shape index (κ2) is 10.3. The van der Waals surface area contributed by atoms with Gasteiger partial charge >= 0.3 is 6.03 Å². The summed E-state index contributed by atoms with van der Waals surface area (Å²) >= 11 is 0. The Morgan fingerprint density at radius 2 is 2.00 bits per heavy atom. The fourth-order valence-electron chi connectivity index (χ4n) is 4.55. The van der Waals surface area contributed by atoms with Crippen LogP contribution in [0.25, 0.3) is 0 Å². The number of nitrogens with zero attached hydrogens (tertiary/aromatic N) is 2. The molecule has 1 N–H and O–H groups in total. The lowest BCUT2D eigenvalue weighted by atomic mass is 9.94. The number of urea groups is 1. The van der Waals surface area contributed by atoms with Gasteiger partial charge in [-0.15, -0.1) is 0 Å². The first-order valence-corrected chi connectivity index (χ1v) is 11.0. The summed E-state index contributed by atoms with van der Waals surface area (Å²) in [6, 6.07) is 9.06. The summed E-state index contributed by atoms with van der Waals surface area (Å²) in [5.74, 6) is 0.540. The van der Waals surface area contributed by atoms with Gasteiger partial charge in [-0.05, 0) is 43.9 Å². The molecule has 1 aliphatic carbocycles. The number of para-hydroxylation sites is 1. The fourth-order valence-corrected chi connectivity index (χ4v) is 4.55. The fraction of sp³-hybridized carbons (Fsp3) is 0.696. The average molecular weight is 388 g/mol. The van der Waals surface area contributed by atoms with Crippen molar-refractivity contribution in [2.24, 2.45) is 5.92 Å². The molecule has 1 aromatic carbocycles. The molecule has 2 aliphatic rings. The number of benzene rings is 1. The van der Waals surface area contributed by atoms with E-state index in [9.17, 15) is 4.79 Å². The zero-order valence-electron chi connectivity index (χ0n) is 17.8. The molecule has 0 radical (unpaired) electrons. The first kappa shape index (κ1) is 21.1. The van der Waals surface area contributed by atoms with Gasteiger partial charge in [-0.25, -0.2) is 4.79 Å². The Bertz CT molecular complexity index is 628. The van der Waals surface area contributed by atoms with Crippen LogP contribution in [-0.4, -0.2) is 54.7 Å². The molecule has 0 aromatic heterocycles. The maximum Gasteiger partial charge on any atom is 0.322 e. The molecule has 2 fully saturated rings. The van der Waals surface area contributed by atoms with E-state index < -0.39 is 0 Å². The van der Waals surface area contributed by atoms with Crippen molar-refractivity contribution >= 4 is 11.7 Å². The Hall–Kier alpha value is -1.59. The maximum absolute atomic E-state index is 13.0. The molecule has 28 heavy (non-hydrogen) atoms. The van der Waals surface area contributed by atoms with Gasteiger partial charge in [0.05, 0.1) is 19.3 Å². The van der Waals surface area contributed by atoms with E-state index >= 15 is 0 Å². The van der Waals surface area contributed by atoms with Gasteiger partial charge in [0, 0.05) is 24.8 Å².